The number of rotatable bonds is 7. The Balaban J connectivity index is 1.26. The minimum absolute atomic E-state index is 0.125. The van der Waals surface area contributed by atoms with Gasteiger partial charge in [-0.2, -0.15) is 0 Å². The minimum atomic E-state index is -0.374. The second-order valence-corrected chi connectivity index (χ2v) is 7.06. The highest BCUT2D eigenvalue weighted by atomic mass is 19.1. The third-order valence-electron chi connectivity index (χ3n) is 4.76. The molecule has 1 N–H and O–H groups in total. The number of benzene rings is 3. The molecule has 4 rings (SSSR count). The van der Waals surface area contributed by atoms with Crippen molar-refractivity contribution in [1.82, 2.24) is 0 Å². The Morgan fingerprint density at radius 1 is 0.968 bits per heavy atom. The third-order valence-corrected chi connectivity index (χ3v) is 4.76. The van der Waals surface area contributed by atoms with Crippen molar-refractivity contribution in [3.63, 3.8) is 0 Å². The summed E-state index contributed by atoms with van der Waals surface area (Å²) in [5, 5.41) is 2.74. The van der Waals surface area contributed by atoms with Crippen LogP contribution < -0.4 is 19.7 Å². The van der Waals surface area contributed by atoms with E-state index in [2.05, 4.69) is 5.32 Å². The maximum Gasteiger partial charge on any atom is 0.262 e. The molecule has 31 heavy (non-hydrogen) atoms. The number of anilines is 2. The summed E-state index contributed by atoms with van der Waals surface area (Å²) in [5.41, 5.74) is 1.42. The standard InChI is InChI=1S/C24H21FN2O4/c25-17-3-1-4-22(15-17)31-21-10-6-18(7-11-21)26-23(28)16-30-20-12-8-19(9-13-20)27-14-2-5-24(27)29/h1,3-4,6-13,15H,2,5,14,16H2,(H,26,28). The van der Waals surface area contributed by atoms with E-state index in [0.717, 1.165) is 18.7 Å². The summed E-state index contributed by atoms with van der Waals surface area (Å²) in [4.78, 5) is 25.7. The van der Waals surface area contributed by atoms with Crippen LogP contribution in [0.2, 0.25) is 0 Å². The normalized spacial score (nSPS) is 13.2. The van der Waals surface area contributed by atoms with Crippen LogP contribution >= 0.6 is 0 Å². The average Bonchev–Trinajstić information content (AvgIpc) is 3.20. The van der Waals surface area contributed by atoms with E-state index in [4.69, 9.17) is 9.47 Å². The third kappa shape index (κ3) is 5.39. The van der Waals surface area contributed by atoms with Crippen LogP contribution in [0.15, 0.2) is 72.8 Å². The first-order valence-electron chi connectivity index (χ1n) is 9.93. The summed E-state index contributed by atoms with van der Waals surface area (Å²) >= 11 is 0. The molecule has 0 saturated carbocycles. The Morgan fingerprint density at radius 2 is 1.71 bits per heavy atom. The van der Waals surface area contributed by atoms with Crippen molar-refractivity contribution < 1.29 is 23.5 Å². The van der Waals surface area contributed by atoms with Crippen LogP contribution in [0.4, 0.5) is 15.8 Å². The van der Waals surface area contributed by atoms with Crippen molar-refractivity contribution in [1.29, 1.82) is 0 Å². The molecule has 0 bridgehead atoms. The first kappa shape index (κ1) is 20.4. The molecule has 0 radical (unpaired) electrons. The van der Waals surface area contributed by atoms with Crippen LogP contribution in [0.1, 0.15) is 12.8 Å². The first-order valence-corrected chi connectivity index (χ1v) is 9.93. The van der Waals surface area contributed by atoms with Crippen molar-refractivity contribution >= 4 is 23.2 Å². The number of hydrogen-bond acceptors (Lipinski definition) is 4. The highest BCUT2D eigenvalue weighted by molar-refractivity contribution is 5.95. The monoisotopic (exact) mass is 420 g/mol. The molecular formula is C24H21FN2O4. The van der Waals surface area contributed by atoms with Crippen molar-refractivity contribution in [3.8, 4) is 17.2 Å². The summed E-state index contributed by atoms with van der Waals surface area (Å²) in [6, 6.07) is 19.7. The van der Waals surface area contributed by atoms with Crippen molar-refractivity contribution in [2.75, 3.05) is 23.4 Å². The van der Waals surface area contributed by atoms with Gasteiger partial charge in [0.2, 0.25) is 5.91 Å². The van der Waals surface area contributed by atoms with Crippen molar-refractivity contribution in [2.24, 2.45) is 0 Å². The summed E-state index contributed by atoms with van der Waals surface area (Å²) in [6.07, 6.45) is 1.45. The maximum absolute atomic E-state index is 13.2. The van der Waals surface area contributed by atoms with Crippen LogP contribution in [0.5, 0.6) is 17.2 Å². The maximum atomic E-state index is 13.2. The lowest BCUT2D eigenvalue weighted by Gasteiger charge is -2.16. The summed E-state index contributed by atoms with van der Waals surface area (Å²) < 4.78 is 24.3. The fraction of sp³-hybridized carbons (Fsp3) is 0.167. The van der Waals surface area contributed by atoms with Gasteiger partial charge in [-0.25, -0.2) is 4.39 Å². The number of amides is 2. The summed E-state index contributed by atoms with van der Waals surface area (Å²) in [7, 11) is 0. The van der Waals surface area contributed by atoms with E-state index in [1.54, 1.807) is 53.4 Å². The van der Waals surface area contributed by atoms with E-state index in [1.807, 2.05) is 12.1 Å². The largest absolute Gasteiger partial charge is 0.484 e. The van der Waals surface area contributed by atoms with E-state index in [9.17, 15) is 14.0 Å². The molecule has 1 fully saturated rings. The fourth-order valence-corrected chi connectivity index (χ4v) is 3.26. The number of halogens is 1. The molecule has 0 aromatic heterocycles. The van der Waals surface area contributed by atoms with Gasteiger partial charge in [0, 0.05) is 30.4 Å². The Kier molecular flexibility index (Phi) is 6.12. The van der Waals surface area contributed by atoms with Crippen LogP contribution in [-0.2, 0) is 9.59 Å². The van der Waals surface area contributed by atoms with Crippen LogP contribution in [-0.4, -0.2) is 25.0 Å². The molecule has 3 aromatic carbocycles. The molecule has 7 heteroatoms. The minimum Gasteiger partial charge on any atom is -0.484 e. The Morgan fingerprint density at radius 3 is 2.39 bits per heavy atom. The zero-order valence-corrected chi connectivity index (χ0v) is 16.7. The summed E-state index contributed by atoms with van der Waals surface area (Å²) in [6.45, 7) is 0.580. The van der Waals surface area contributed by atoms with Gasteiger partial charge < -0.3 is 19.7 Å². The topological polar surface area (TPSA) is 67.9 Å². The number of nitrogens with zero attached hydrogens (tertiary/aromatic N) is 1. The Hall–Kier alpha value is -3.87. The molecule has 6 nitrogen and oxygen atoms in total. The van der Waals surface area contributed by atoms with E-state index in [0.29, 0.717) is 29.4 Å². The zero-order chi connectivity index (χ0) is 21.6. The van der Waals surface area contributed by atoms with E-state index in [1.165, 1.54) is 12.1 Å². The van der Waals surface area contributed by atoms with E-state index >= 15 is 0 Å². The molecule has 0 atom stereocenters. The van der Waals surface area contributed by atoms with E-state index in [-0.39, 0.29) is 24.2 Å². The molecule has 1 aliphatic heterocycles. The molecule has 1 heterocycles. The quantitative estimate of drug-likeness (QED) is 0.598. The second-order valence-electron chi connectivity index (χ2n) is 7.06. The molecule has 1 saturated heterocycles. The van der Waals surface area contributed by atoms with Crippen LogP contribution in [0.25, 0.3) is 0 Å². The van der Waals surface area contributed by atoms with Crippen LogP contribution in [0, 0.1) is 5.82 Å². The lowest BCUT2D eigenvalue weighted by molar-refractivity contribution is -0.118. The van der Waals surface area contributed by atoms with Crippen molar-refractivity contribution in [3.05, 3.63) is 78.6 Å². The highest BCUT2D eigenvalue weighted by Gasteiger charge is 2.21. The molecule has 1 aliphatic rings. The lowest BCUT2D eigenvalue weighted by Crippen LogP contribution is -2.23. The van der Waals surface area contributed by atoms with Crippen molar-refractivity contribution in [2.45, 2.75) is 12.8 Å². The van der Waals surface area contributed by atoms with Gasteiger partial charge in [-0.05, 0) is 67.1 Å². The number of carbonyl (C=O) groups excluding carboxylic acids is 2. The predicted octanol–water partition coefficient (Wildman–Crippen LogP) is 4.76. The van der Waals surface area contributed by atoms with Gasteiger partial charge in [-0.1, -0.05) is 6.07 Å². The smallest absolute Gasteiger partial charge is 0.262 e. The molecular weight excluding hydrogens is 399 g/mol. The van der Waals surface area contributed by atoms with Gasteiger partial charge in [0.05, 0.1) is 0 Å². The predicted molar refractivity (Wildman–Crippen MR) is 115 cm³/mol. The van der Waals surface area contributed by atoms with Gasteiger partial charge in [0.25, 0.3) is 5.91 Å². The Labute approximate surface area is 179 Å². The molecule has 158 valence electrons. The molecule has 3 aromatic rings. The van der Waals surface area contributed by atoms with Gasteiger partial charge in [-0.15, -0.1) is 0 Å². The number of nitrogens with one attached hydrogen (secondary N) is 1. The van der Waals surface area contributed by atoms with Gasteiger partial charge in [0.15, 0.2) is 6.61 Å². The number of hydrogen-bond donors (Lipinski definition) is 1. The van der Waals surface area contributed by atoms with Gasteiger partial charge >= 0.3 is 0 Å². The van der Waals surface area contributed by atoms with Crippen LogP contribution in [0.3, 0.4) is 0 Å². The lowest BCUT2D eigenvalue weighted by atomic mass is 10.3. The highest BCUT2D eigenvalue weighted by Crippen LogP contribution is 2.25. The molecule has 0 unspecified atom stereocenters. The SMILES string of the molecule is O=C(COc1ccc(N2CCCC2=O)cc1)Nc1ccc(Oc2cccc(F)c2)cc1. The Bertz CT molecular complexity index is 1070. The van der Waals surface area contributed by atoms with Gasteiger partial charge in [0.1, 0.15) is 23.1 Å². The number of ether oxygens (including phenoxy) is 2. The number of carbonyl (C=O) groups is 2. The molecule has 2 amide bonds. The molecule has 0 spiro atoms. The second kappa shape index (κ2) is 9.30. The average molecular weight is 420 g/mol. The fourth-order valence-electron chi connectivity index (χ4n) is 3.26. The molecule has 0 aliphatic carbocycles. The van der Waals surface area contributed by atoms with E-state index < -0.39 is 0 Å². The zero-order valence-electron chi connectivity index (χ0n) is 16.7. The first-order chi connectivity index (χ1) is 15.1. The van der Waals surface area contributed by atoms with Gasteiger partial charge in [-0.3, -0.25) is 9.59 Å². The summed E-state index contributed by atoms with van der Waals surface area (Å²) in [5.74, 6) is 0.907.